The Labute approximate surface area is 188 Å². The summed E-state index contributed by atoms with van der Waals surface area (Å²) in [5.41, 5.74) is 1.80. The van der Waals surface area contributed by atoms with Crippen molar-refractivity contribution in [3.05, 3.63) is 78.9 Å². The molecule has 1 N–H and O–H groups in total. The molecule has 0 fully saturated rings. The van der Waals surface area contributed by atoms with Gasteiger partial charge in [-0.2, -0.15) is 0 Å². The Morgan fingerprint density at radius 2 is 1.81 bits per heavy atom. The van der Waals surface area contributed by atoms with E-state index < -0.39 is 5.82 Å². The fourth-order valence-electron chi connectivity index (χ4n) is 3.02. The van der Waals surface area contributed by atoms with Crippen LogP contribution in [0.1, 0.15) is 6.92 Å². The first-order valence-electron chi connectivity index (χ1n) is 9.92. The van der Waals surface area contributed by atoms with Crippen LogP contribution in [0, 0.1) is 5.82 Å². The summed E-state index contributed by atoms with van der Waals surface area (Å²) in [6.45, 7) is 2.50. The number of carbonyl (C=O) groups is 1. The Morgan fingerprint density at radius 1 is 1.06 bits per heavy atom. The van der Waals surface area contributed by atoms with Gasteiger partial charge < -0.3 is 10.1 Å². The lowest BCUT2D eigenvalue weighted by Crippen LogP contribution is -2.15. The van der Waals surface area contributed by atoms with Crippen LogP contribution in [0.3, 0.4) is 0 Å². The molecule has 0 aliphatic carbocycles. The molecule has 7 nitrogen and oxygen atoms in total. The zero-order chi connectivity index (χ0) is 22.3. The molecule has 0 bridgehead atoms. The number of hydrogen-bond acceptors (Lipinski definition) is 6. The summed E-state index contributed by atoms with van der Waals surface area (Å²) in [5.74, 6) is 0.594. The molecule has 0 spiro atoms. The number of thioether (sulfide) groups is 1. The number of pyridine rings is 1. The Bertz CT molecular complexity index is 1200. The third kappa shape index (κ3) is 4.94. The lowest BCUT2D eigenvalue weighted by molar-refractivity contribution is -0.113. The van der Waals surface area contributed by atoms with E-state index in [1.165, 1.54) is 23.9 Å². The van der Waals surface area contributed by atoms with Gasteiger partial charge in [-0.05, 0) is 55.5 Å². The number of ether oxygens (including phenoxy) is 1. The van der Waals surface area contributed by atoms with Crippen molar-refractivity contribution < 1.29 is 13.9 Å². The van der Waals surface area contributed by atoms with Gasteiger partial charge in [-0.15, -0.1) is 10.2 Å². The Balaban J connectivity index is 1.60. The number of anilines is 1. The Hall–Kier alpha value is -3.72. The molecule has 2 aromatic heterocycles. The monoisotopic (exact) mass is 449 g/mol. The highest BCUT2D eigenvalue weighted by Gasteiger charge is 2.18. The van der Waals surface area contributed by atoms with Crippen LogP contribution in [0.2, 0.25) is 0 Å². The van der Waals surface area contributed by atoms with Gasteiger partial charge in [-0.25, -0.2) is 4.39 Å². The van der Waals surface area contributed by atoms with Gasteiger partial charge in [0.15, 0.2) is 11.0 Å². The summed E-state index contributed by atoms with van der Waals surface area (Å²) in [6.07, 6.45) is 3.36. The topological polar surface area (TPSA) is 81.9 Å². The van der Waals surface area contributed by atoms with Crippen molar-refractivity contribution in [1.29, 1.82) is 0 Å². The highest BCUT2D eigenvalue weighted by Crippen LogP contribution is 2.29. The number of aromatic nitrogens is 4. The third-order valence-corrected chi connectivity index (χ3v) is 5.39. The molecule has 9 heteroatoms. The number of amides is 1. The van der Waals surface area contributed by atoms with Gasteiger partial charge in [0.05, 0.1) is 18.0 Å². The second-order valence-electron chi connectivity index (χ2n) is 6.62. The van der Waals surface area contributed by atoms with Gasteiger partial charge in [0.25, 0.3) is 0 Å². The summed E-state index contributed by atoms with van der Waals surface area (Å²) in [4.78, 5) is 16.5. The average Bonchev–Trinajstić information content (AvgIpc) is 3.24. The number of para-hydroxylation sites is 1. The van der Waals surface area contributed by atoms with E-state index in [0.717, 1.165) is 17.0 Å². The van der Waals surface area contributed by atoms with Gasteiger partial charge in [0.2, 0.25) is 5.91 Å². The zero-order valence-electron chi connectivity index (χ0n) is 17.2. The molecular formula is C23H20FN5O2S. The van der Waals surface area contributed by atoms with E-state index in [1.54, 1.807) is 24.5 Å². The molecule has 1 amide bonds. The largest absolute Gasteiger partial charge is 0.494 e. The van der Waals surface area contributed by atoms with E-state index in [2.05, 4.69) is 20.5 Å². The fourth-order valence-corrected chi connectivity index (χ4v) is 3.77. The van der Waals surface area contributed by atoms with Crippen LogP contribution in [0.15, 0.2) is 78.2 Å². The van der Waals surface area contributed by atoms with Crippen molar-refractivity contribution in [3.63, 3.8) is 0 Å². The highest BCUT2D eigenvalue weighted by atomic mass is 32.2. The third-order valence-electron chi connectivity index (χ3n) is 4.46. The molecular weight excluding hydrogens is 429 g/mol. The van der Waals surface area contributed by atoms with Crippen LogP contribution >= 0.6 is 11.8 Å². The first-order valence-corrected chi connectivity index (χ1v) is 10.9. The quantitative estimate of drug-likeness (QED) is 0.396. The summed E-state index contributed by atoms with van der Waals surface area (Å²) in [6, 6.07) is 17.3. The molecule has 0 atom stereocenters. The molecule has 4 rings (SSSR count). The summed E-state index contributed by atoms with van der Waals surface area (Å²) in [7, 11) is 0. The Morgan fingerprint density at radius 3 is 2.53 bits per heavy atom. The van der Waals surface area contributed by atoms with E-state index >= 15 is 0 Å². The minimum Gasteiger partial charge on any atom is -0.494 e. The van der Waals surface area contributed by atoms with Crippen molar-refractivity contribution in [1.82, 2.24) is 19.7 Å². The van der Waals surface area contributed by atoms with Crippen LogP contribution in [-0.4, -0.2) is 38.0 Å². The normalized spacial score (nSPS) is 10.7. The number of rotatable bonds is 8. The van der Waals surface area contributed by atoms with Crippen molar-refractivity contribution in [2.24, 2.45) is 0 Å². The van der Waals surface area contributed by atoms with E-state index in [4.69, 9.17) is 4.74 Å². The second kappa shape index (κ2) is 10.1. The van der Waals surface area contributed by atoms with Crippen LogP contribution in [0.4, 0.5) is 10.1 Å². The number of halogens is 1. The van der Waals surface area contributed by atoms with Crippen LogP contribution in [0.5, 0.6) is 5.75 Å². The molecule has 0 aliphatic rings. The molecule has 0 saturated carbocycles. The fraction of sp³-hybridized carbons (Fsp3) is 0.130. The first-order chi connectivity index (χ1) is 15.7. The first kappa shape index (κ1) is 21.5. The van der Waals surface area contributed by atoms with E-state index in [9.17, 15) is 9.18 Å². The molecule has 0 aliphatic heterocycles. The molecule has 0 saturated heterocycles. The summed E-state index contributed by atoms with van der Waals surface area (Å²) < 4.78 is 21.2. The van der Waals surface area contributed by atoms with Gasteiger partial charge >= 0.3 is 0 Å². The lowest BCUT2D eigenvalue weighted by atomic mass is 10.2. The predicted molar refractivity (Wildman–Crippen MR) is 122 cm³/mol. The van der Waals surface area contributed by atoms with Crippen molar-refractivity contribution in [3.8, 4) is 22.8 Å². The van der Waals surface area contributed by atoms with Crippen LogP contribution in [-0.2, 0) is 4.79 Å². The smallest absolute Gasteiger partial charge is 0.234 e. The predicted octanol–water partition coefficient (Wildman–Crippen LogP) is 4.60. The highest BCUT2D eigenvalue weighted by molar-refractivity contribution is 7.99. The Kier molecular flexibility index (Phi) is 6.76. The number of benzene rings is 2. The summed E-state index contributed by atoms with van der Waals surface area (Å²) >= 11 is 1.21. The van der Waals surface area contributed by atoms with Crippen LogP contribution < -0.4 is 10.1 Å². The minimum absolute atomic E-state index is 0.0415. The van der Waals surface area contributed by atoms with E-state index in [0.29, 0.717) is 17.6 Å². The average molecular weight is 450 g/mol. The number of carbonyl (C=O) groups excluding carboxylic acids is 1. The minimum atomic E-state index is -0.483. The molecule has 4 aromatic rings. The van der Waals surface area contributed by atoms with Crippen LogP contribution in [0.25, 0.3) is 17.1 Å². The van der Waals surface area contributed by atoms with Crippen molar-refractivity contribution in [2.45, 2.75) is 12.1 Å². The van der Waals surface area contributed by atoms with Gasteiger partial charge in [-0.3, -0.25) is 14.3 Å². The van der Waals surface area contributed by atoms with Crippen molar-refractivity contribution >= 4 is 23.4 Å². The van der Waals surface area contributed by atoms with E-state index in [-0.39, 0.29) is 17.3 Å². The maximum absolute atomic E-state index is 13.8. The standard InChI is InChI=1S/C23H20FN5O2S/c1-2-31-18-9-7-17(8-10-18)29-22(16-11-13-25-14-12-16)27-28-23(29)32-15-21(30)26-20-6-4-3-5-19(20)24/h3-14H,2,15H2,1H3,(H,26,30). The molecule has 0 radical (unpaired) electrons. The molecule has 2 heterocycles. The maximum Gasteiger partial charge on any atom is 0.234 e. The number of hydrogen-bond donors (Lipinski definition) is 1. The van der Waals surface area contributed by atoms with Crippen molar-refractivity contribution in [2.75, 3.05) is 17.7 Å². The molecule has 32 heavy (non-hydrogen) atoms. The lowest BCUT2D eigenvalue weighted by Gasteiger charge is -2.11. The summed E-state index contributed by atoms with van der Waals surface area (Å²) in [5, 5.41) is 11.7. The van der Waals surface area contributed by atoms with Gasteiger partial charge in [0.1, 0.15) is 11.6 Å². The van der Waals surface area contributed by atoms with Gasteiger partial charge in [-0.1, -0.05) is 23.9 Å². The molecule has 162 valence electrons. The maximum atomic E-state index is 13.8. The zero-order valence-corrected chi connectivity index (χ0v) is 18.1. The SMILES string of the molecule is CCOc1ccc(-n2c(SCC(=O)Nc3ccccc3F)nnc2-c2ccncc2)cc1. The molecule has 0 unspecified atom stereocenters. The number of nitrogens with zero attached hydrogens (tertiary/aromatic N) is 4. The molecule has 2 aromatic carbocycles. The second-order valence-corrected chi connectivity index (χ2v) is 7.56. The van der Waals surface area contributed by atoms with E-state index in [1.807, 2.05) is 47.9 Å². The number of nitrogens with one attached hydrogen (secondary N) is 1. The van der Waals surface area contributed by atoms with Gasteiger partial charge in [0, 0.05) is 23.6 Å².